The van der Waals surface area contributed by atoms with E-state index in [0.717, 1.165) is 31.4 Å². The SMILES string of the molecule is COc1c2n(cc(C(=O)NCc3ccccc3)c1=O)C[C@H]1N(CC[C@H]3CCCN31)C2=O.[CH3-].[Re]. The number of amides is 2. The van der Waals surface area contributed by atoms with E-state index in [1.165, 1.54) is 13.3 Å². The number of ether oxygens (including phenoxy) is 1. The molecule has 5 rings (SSSR count). The predicted molar refractivity (Wildman–Crippen MR) is 120 cm³/mol. The minimum atomic E-state index is -0.554. The molecule has 0 unspecified atom stereocenters. The quantitative estimate of drug-likeness (QED) is 0.527. The van der Waals surface area contributed by atoms with Crippen LogP contribution in [0, 0.1) is 7.43 Å². The van der Waals surface area contributed by atoms with Crippen LogP contribution in [0.4, 0.5) is 0 Å². The van der Waals surface area contributed by atoms with Crippen LogP contribution in [0.2, 0.25) is 0 Å². The molecule has 1 aromatic heterocycles. The Kier molecular flexibility index (Phi) is 7.78. The van der Waals surface area contributed by atoms with Gasteiger partial charge < -0.3 is 26.9 Å². The first kappa shape index (κ1) is 25.2. The zero-order chi connectivity index (χ0) is 21.5. The first-order valence-electron chi connectivity index (χ1n) is 10.8. The molecule has 2 aromatic rings. The molecule has 0 saturated carbocycles. The zero-order valence-corrected chi connectivity index (χ0v) is 21.6. The van der Waals surface area contributed by atoms with E-state index in [2.05, 4.69) is 10.2 Å². The van der Waals surface area contributed by atoms with Crippen molar-refractivity contribution < 1.29 is 34.7 Å². The van der Waals surface area contributed by atoms with Crippen LogP contribution in [0.3, 0.4) is 0 Å². The minimum absolute atomic E-state index is 0. The number of aromatic nitrogens is 1. The number of pyridine rings is 1. The summed E-state index contributed by atoms with van der Waals surface area (Å²) in [7, 11) is 1.37. The summed E-state index contributed by atoms with van der Waals surface area (Å²) < 4.78 is 7.10. The molecule has 8 nitrogen and oxygen atoms in total. The second-order valence-electron chi connectivity index (χ2n) is 8.38. The average molecular weight is 624 g/mol. The molecule has 2 fully saturated rings. The van der Waals surface area contributed by atoms with Crippen molar-refractivity contribution >= 4 is 11.8 Å². The third-order valence-electron chi connectivity index (χ3n) is 6.67. The smallest absolute Gasteiger partial charge is 0.275 e. The Morgan fingerprint density at radius 3 is 2.64 bits per heavy atom. The van der Waals surface area contributed by atoms with Crippen LogP contribution in [-0.2, 0) is 33.5 Å². The molecule has 1 aromatic carbocycles. The molecule has 1 radical (unpaired) electrons. The van der Waals surface area contributed by atoms with Gasteiger partial charge in [0.05, 0.1) is 13.7 Å². The van der Waals surface area contributed by atoms with Gasteiger partial charge in [-0.2, -0.15) is 0 Å². The molecule has 0 bridgehead atoms. The second kappa shape index (κ2) is 10.2. The maximum atomic E-state index is 13.3. The number of nitrogens with one attached hydrogen (secondary N) is 1. The number of methoxy groups -OCH3 is 1. The minimum Gasteiger partial charge on any atom is -0.491 e. The number of carbonyl (C=O) groups excluding carboxylic acids is 2. The van der Waals surface area contributed by atoms with Crippen LogP contribution < -0.4 is 15.5 Å². The first-order valence-corrected chi connectivity index (χ1v) is 10.8. The number of rotatable bonds is 4. The van der Waals surface area contributed by atoms with E-state index in [1.54, 1.807) is 4.57 Å². The van der Waals surface area contributed by atoms with Crippen LogP contribution in [0.1, 0.15) is 45.7 Å². The van der Waals surface area contributed by atoms with Crippen molar-refractivity contribution in [1.82, 2.24) is 19.7 Å². The van der Waals surface area contributed by atoms with Crippen LogP contribution in [-0.4, -0.2) is 58.6 Å². The number of nitrogens with zero attached hydrogens (tertiary/aromatic N) is 3. The Hall–Kier alpha value is -2.47. The van der Waals surface area contributed by atoms with E-state index in [0.29, 0.717) is 25.7 Å². The molecule has 0 spiro atoms. The van der Waals surface area contributed by atoms with Crippen LogP contribution in [0.5, 0.6) is 5.75 Å². The predicted octanol–water partition coefficient (Wildman–Crippen LogP) is 1.88. The summed E-state index contributed by atoms with van der Waals surface area (Å²) in [6.07, 6.45) is 4.72. The van der Waals surface area contributed by atoms with E-state index in [4.69, 9.17) is 4.74 Å². The maximum absolute atomic E-state index is 13.3. The maximum Gasteiger partial charge on any atom is 0.275 e. The standard InChI is InChI=1S/C23H26N4O4.CH3.Re/c1-31-21-19-23(30)27-11-9-16-8-5-10-26(16)18(27)14-25(19)13-17(20(21)28)22(29)24-12-15-6-3-2-4-7-15;;/h2-4,6-7,13,16,18H,5,8-12,14H2,1H3,(H,24,29);1H3;/q;-1;/t16-,18-;;/m1../s1. The van der Waals surface area contributed by atoms with Crippen molar-refractivity contribution in [2.45, 2.75) is 44.6 Å². The first-order chi connectivity index (χ1) is 15.1. The van der Waals surface area contributed by atoms with Gasteiger partial charge in [-0.1, -0.05) is 30.3 Å². The fourth-order valence-electron chi connectivity index (χ4n) is 5.16. The Morgan fingerprint density at radius 1 is 1.15 bits per heavy atom. The molecule has 177 valence electrons. The van der Waals surface area contributed by atoms with Gasteiger partial charge in [0, 0.05) is 52.3 Å². The van der Waals surface area contributed by atoms with Gasteiger partial charge in [0.15, 0.2) is 11.4 Å². The van der Waals surface area contributed by atoms with E-state index in [1.807, 2.05) is 35.2 Å². The van der Waals surface area contributed by atoms with Gasteiger partial charge in [0.25, 0.3) is 11.8 Å². The van der Waals surface area contributed by atoms with Crippen molar-refractivity contribution in [3.8, 4) is 5.75 Å². The summed E-state index contributed by atoms with van der Waals surface area (Å²) in [6, 6.07) is 10.0. The molecule has 33 heavy (non-hydrogen) atoms. The molecule has 9 heteroatoms. The van der Waals surface area contributed by atoms with Crippen molar-refractivity contribution in [1.29, 1.82) is 0 Å². The third-order valence-corrected chi connectivity index (χ3v) is 6.67. The van der Waals surface area contributed by atoms with Gasteiger partial charge in [-0.3, -0.25) is 19.3 Å². The van der Waals surface area contributed by atoms with Gasteiger partial charge in [0.1, 0.15) is 11.7 Å². The largest absolute Gasteiger partial charge is 0.491 e. The summed E-state index contributed by atoms with van der Waals surface area (Å²) in [5, 5.41) is 2.81. The fraction of sp³-hybridized carbons (Fsp3) is 0.417. The fourth-order valence-corrected chi connectivity index (χ4v) is 5.16. The summed E-state index contributed by atoms with van der Waals surface area (Å²) in [5.41, 5.74) is 0.615. The third kappa shape index (κ3) is 4.38. The van der Waals surface area contributed by atoms with E-state index in [9.17, 15) is 14.4 Å². The van der Waals surface area contributed by atoms with Gasteiger partial charge >= 0.3 is 0 Å². The number of benzene rings is 1. The molecule has 3 aliphatic heterocycles. The van der Waals surface area contributed by atoms with E-state index < -0.39 is 11.3 Å². The zero-order valence-electron chi connectivity index (χ0n) is 18.9. The molecular formula is C24H29N4O4Re-. The van der Waals surface area contributed by atoms with E-state index >= 15 is 0 Å². The number of hydrogen-bond donors (Lipinski definition) is 1. The average Bonchev–Trinajstić information content (AvgIpc) is 3.28. The van der Waals surface area contributed by atoms with Crippen LogP contribution in [0.25, 0.3) is 0 Å². The number of carbonyl (C=O) groups is 2. The monoisotopic (exact) mass is 624 g/mol. The van der Waals surface area contributed by atoms with Crippen molar-refractivity contribution in [3.63, 3.8) is 0 Å². The molecule has 1 N–H and O–H groups in total. The number of hydrogen-bond acceptors (Lipinski definition) is 5. The molecule has 3 aliphatic rings. The van der Waals surface area contributed by atoms with Gasteiger partial charge in [0.2, 0.25) is 5.43 Å². The Labute approximate surface area is 207 Å². The van der Waals surface area contributed by atoms with Crippen molar-refractivity contribution in [2.75, 3.05) is 20.2 Å². The second-order valence-corrected chi connectivity index (χ2v) is 8.38. The summed E-state index contributed by atoms with van der Waals surface area (Å²) in [6.45, 7) is 2.48. The summed E-state index contributed by atoms with van der Waals surface area (Å²) in [5.74, 6) is -0.730. The molecule has 2 atom stereocenters. The van der Waals surface area contributed by atoms with Crippen LogP contribution >= 0.6 is 0 Å². The van der Waals surface area contributed by atoms with E-state index in [-0.39, 0.29) is 56.9 Å². The summed E-state index contributed by atoms with van der Waals surface area (Å²) >= 11 is 0. The van der Waals surface area contributed by atoms with Crippen LogP contribution in [0.15, 0.2) is 41.3 Å². The van der Waals surface area contributed by atoms with Gasteiger partial charge in [-0.05, 0) is 24.8 Å². The van der Waals surface area contributed by atoms with Crippen molar-refractivity contribution in [3.05, 3.63) is 71.0 Å². The molecule has 2 saturated heterocycles. The normalized spacial score (nSPS) is 21.1. The molecule has 0 aliphatic carbocycles. The Morgan fingerprint density at radius 2 is 1.91 bits per heavy atom. The molecule has 2 amide bonds. The van der Waals surface area contributed by atoms with Gasteiger partial charge in [-0.25, -0.2) is 0 Å². The molecular weight excluding hydrogens is 594 g/mol. The topological polar surface area (TPSA) is 83.9 Å². The van der Waals surface area contributed by atoms with Gasteiger partial charge in [-0.15, -0.1) is 0 Å². The Balaban J connectivity index is 0.00000153. The Bertz CT molecular complexity index is 1090. The molecule has 4 heterocycles. The number of fused-ring (bicyclic) bond motifs is 4. The van der Waals surface area contributed by atoms with Crippen molar-refractivity contribution in [2.24, 2.45) is 0 Å². The summed E-state index contributed by atoms with van der Waals surface area (Å²) in [4.78, 5) is 43.5.